The summed E-state index contributed by atoms with van der Waals surface area (Å²) < 4.78 is 11.7. The molecular weight excluding hydrogens is 444 g/mol. The molecule has 0 atom stereocenters. The maximum absolute atomic E-state index is 12.1. The third-order valence-corrected chi connectivity index (χ3v) is 4.99. The molecule has 35 heavy (non-hydrogen) atoms. The third-order valence-electron chi connectivity index (χ3n) is 4.99. The summed E-state index contributed by atoms with van der Waals surface area (Å²) in [4.78, 5) is 24.1. The molecule has 0 saturated carbocycles. The van der Waals surface area contributed by atoms with Gasteiger partial charge in [0.15, 0.2) is 11.5 Å². The van der Waals surface area contributed by atoms with E-state index >= 15 is 0 Å². The van der Waals surface area contributed by atoms with Gasteiger partial charge in [0, 0.05) is 5.69 Å². The molecule has 0 aromatic heterocycles. The van der Waals surface area contributed by atoms with Crippen molar-refractivity contribution in [2.75, 3.05) is 11.9 Å². The van der Waals surface area contributed by atoms with Crippen LogP contribution in [0.4, 0.5) is 5.69 Å². The van der Waals surface area contributed by atoms with E-state index in [1.165, 1.54) is 6.21 Å². The smallest absolute Gasteiger partial charge is 0.329 e. The highest BCUT2D eigenvalue weighted by atomic mass is 16.5. The second-order valence-electron chi connectivity index (χ2n) is 7.54. The minimum atomic E-state index is -0.912. The topological polar surface area (TPSA) is 113 Å². The van der Waals surface area contributed by atoms with Gasteiger partial charge in [-0.25, -0.2) is 5.43 Å². The maximum atomic E-state index is 12.1. The zero-order valence-electron chi connectivity index (χ0n) is 19.6. The van der Waals surface area contributed by atoms with E-state index in [1.807, 2.05) is 44.2 Å². The second kappa shape index (κ2) is 12.6. The van der Waals surface area contributed by atoms with Crippen molar-refractivity contribution in [3.63, 3.8) is 0 Å². The van der Waals surface area contributed by atoms with E-state index in [-0.39, 0.29) is 6.42 Å². The average Bonchev–Trinajstić information content (AvgIpc) is 2.86. The van der Waals surface area contributed by atoms with Crippen LogP contribution in [0.1, 0.15) is 29.2 Å². The van der Waals surface area contributed by atoms with Crippen molar-refractivity contribution in [1.29, 1.82) is 5.26 Å². The highest BCUT2D eigenvalue weighted by Gasteiger charge is 2.13. The summed E-state index contributed by atoms with van der Waals surface area (Å²) in [6, 6.07) is 22.0. The molecule has 3 rings (SSSR count). The van der Waals surface area contributed by atoms with Gasteiger partial charge in [-0.2, -0.15) is 10.4 Å². The monoisotopic (exact) mass is 470 g/mol. The number of nitrogens with zero attached hydrogens (tertiary/aromatic N) is 2. The van der Waals surface area contributed by atoms with E-state index in [4.69, 9.17) is 14.7 Å². The average molecular weight is 471 g/mol. The van der Waals surface area contributed by atoms with Crippen LogP contribution in [0.5, 0.6) is 11.5 Å². The fourth-order valence-electron chi connectivity index (χ4n) is 3.12. The molecule has 0 unspecified atom stereocenters. The first-order valence-corrected chi connectivity index (χ1v) is 11.0. The van der Waals surface area contributed by atoms with Crippen LogP contribution in [0.2, 0.25) is 0 Å². The van der Waals surface area contributed by atoms with Gasteiger partial charge in [0.05, 0.1) is 25.3 Å². The van der Waals surface area contributed by atoms with E-state index in [9.17, 15) is 9.59 Å². The van der Waals surface area contributed by atoms with Gasteiger partial charge in [0.25, 0.3) is 0 Å². The number of aryl methyl sites for hydroxylation is 1. The van der Waals surface area contributed by atoms with Gasteiger partial charge >= 0.3 is 11.8 Å². The van der Waals surface area contributed by atoms with E-state index in [0.29, 0.717) is 36.0 Å². The van der Waals surface area contributed by atoms with E-state index in [2.05, 4.69) is 15.8 Å². The Morgan fingerprint density at radius 2 is 1.77 bits per heavy atom. The minimum Gasteiger partial charge on any atom is -0.490 e. The summed E-state index contributed by atoms with van der Waals surface area (Å²) in [5.74, 6) is -0.624. The van der Waals surface area contributed by atoms with Crippen molar-refractivity contribution in [1.82, 2.24) is 5.43 Å². The van der Waals surface area contributed by atoms with Crippen molar-refractivity contribution in [2.45, 2.75) is 26.9 Å². The Morgan fingerprint density at radius 1 is 1.00 bits per heavy atom. The molecule has 0 aliphatic heterocycles. The number of hydrogen-bond acceptors (Lipinski definition) is 6. The van der Waals surface area contributed by atoms with E-state index in [1.54, 1.807) is 42.5 Å². The first-order valence-electron chi connectivity index (χ1n) is 11.0. The predicted octanol–water partition coefficient (Wildman–Crippen LogP) is 4.13. The molecule has 0 aliphatic carbocycles. The summed E-state index contributed by atoms with van der Waals surface area (Å²) >= 11 is 0. The van der Waals surface area contributed by atoms with Crippen molar-refractivity contribution in [3.8, 4) is 17.6 Å². The zero-order chi connectivity index (χ0) is 25.0. The van der Waals surface area contributed by atoms with Gasteiger partial charge in [0.2, 0.25) is 0 Å². The van der Waals surface area contributed by atoms with Crippen LogP contribution in [0, 0.1) is 18.3 Å². The molecule has 0 radical (unpaired) electrons. The highest BCUT2D eigenvalue weighted by molar-refractivity contribution is 6.39. The standard InChI is InChI=1S/C27H26N4O4/c1-3-34-25-16-21(10-13-24(25)35-18-22-7-5-4-6-19(22)2)17-29-31-27(33)26(32)30-23-11-8-20(9-12-23)14-15-28/h4-13,16-17H,3,14,18H2,1-2H3,(H,30,32)(H,31,33)/b29-17+. The van der Waals surface area contributed by atoms with Crippen LogP contribution in [0.15, 0.2) is 71.8 Å². The lowest BCUT2D eigenvalue weighted by Gasteiger charge is -2.13. The summed E-state index contributed by atoms with van der Waals surface area (Å²) in [6.07, 6.45) is 1.68. The summed E-state index contributed by atoms with van der Waals surface area (Å²) in [5.41, 5.74) is 6.35. The highest BCUT2D eigenvalue weighted by Crippen LogP contribution is 2.29. The Balaban J connectivity index is 1.57. The number of amides is 2. The Labute approximate surface area is 204 Å². The van der Waals surface area contributed by atoms with Crippen LogP contribution in [-0.4, -0.2) is 24.6 Å². The first-order chi connectivity index (χ1) is 17.0. The van der Waals surface area contributed by atoms with Gasteiger partial charge in [-0.05, 0) is 66.4 Å². The van der Waals surface area contributed by atoms with Gasteiger partial charge < -0.3 is 14.8 Å². The summed E-state index contributed by atoms with van der Waals surface area (Å²) in [7, 11) is 0. The van der Waals surface area contributed by atoms with Crippen molar-refractivity contribution >= 4 is 23.7 Å². The molecule has 3 aromatic rings. The van der Waals surface area contributed by atoms with E-state index in [0.717, 1.165) is 16.7 Å². The molecule has 2 N–H and O–H groups in total. The number of carbonyl (C=O) groups excluding carboxylic acids is 2. The molecule has 0 saturated heterocycles. The molecular formula is C27H26N4O4. The van der Waals surface area contributed by atoms with Crippen molar-refractivity contribution in [3.05, 3.63) is 89.0 Å². The number of ether oxygens (including phenoxy) is 2. The predicted molar refractivity (Wildman–Crippen MR) is 133 cm³/mol. The Bertz CT molecular complexity index is 1250. The van der Waals surface area contributed by atoms with E-state index < -0.39 is 11.8 Å². The van der Waals surface area contributed by atoms with Gasteiger partial charge in [0.1, 0.15) is 6.61 Å². The number of benzene rings is 3. The number of hydrogen-bond donors (Lipinski definition) is 2. The lowest BCUT2D eigenvalue weighted by molar-refractivity contribution is -0.136. The molecule has 2 amide bonds. The molecule has 8 nitrogen and oxygen atoms in total. The normalized spacial score (nSPS) is 10.4. The zero-order valence-corrected chi connectivity index (χ0v) is 19.6. The molecule has 0 spiro atoms. The van der Waals surface area contributed by atoms with Crippen LogP contribution < -0.4 is 20.2 Å². The van der Waals surface area contributed by atoms with Crippen LogP contribution in [0.25, 0.3) is 0 Å². The molecule has 8 heteroatoms. The molecule has 0 aliphatic rings. The number of nitriles is 1. The lowest BCUT2D eigenvalue weighted by atomic mass is 10.1. The SMILES string of the molecule is CCOc1cc(/C=N/NC(=O)C(=O)Nc2ccc(CC#N)cc2)ccc1OCc1ccccc1C. The second-order valence-corrected chi connectivity index (χ2v) is 7.54. The fraction of sp³-hybridized carbons (Fsp3) is 0.185. The van der Waals surface area contributed by atoms with Crippen LogP contribution in [-0.2, 0) is 22.6 Å². The Kier molecular flexibility index (Phi) is 8.97. The number of carbonyl (C=O) groups is 2. The summed E-state index contributed by atoms with van der Waals surface area (Å²) in [6.45, 7) is 4.77. The van der Waals surface area contributed by atoms with Crippen LogP contribution >= 0.6 is 0 Å². The quantitative estimate of drug-likeness (QED) is 0.277. The molecule has 0 bridgehead atoms. The number of nitrogens with one attached hydrogen (secondary N) is 2. The van der Waals surface area contributed by atoms with Gasteiger partial charge in [-0.15, -0.1) is 0 Å². The van der Waals surface area contributed by atoms with Crippen LogP contribution in [0.3, 0.4) is 0 Å². The van der Waals surface area contributed by atoms with Gasteiger partial charge in [-0.3, -0.25) is 9.59 Å². The first kappa shape index (κ1) is 25.0. The number of anilines is 1. The lowest BCUT2D eigenvalue weighted by Crippen LogP contribution is -2.32. The molecule has 0 fully saturated rings. The minimum absolute atomic E-state index is 0.272. The van der Waals surface area contributed by atoms with Crippen molar-refractivity contribution in [2.24, 2.45) is 5.10 Å². The summed E-state index contributed by atoms with van der Waals surface area (Å²) in [5, 5.41) is 15.0. The number of rotatable bonds is 9. The Morgan fingerprint density at radius 3 is 2.49 bits per heavy atom. The molecule has 3 aromatic carbocycles. The van der Waals surface area contributed by atoms with Crippen molar-refractivity contribution < 1.29 is 19.1 Å². The molecule has 0 heterocycles. The maximum Gasteiger partial charge on any atom is 0.329 e. The van der Waals surface area contributed by atoms with Gasteiger partial charge in [-0.1, -0.05) is 36.4 Å². The molecule has 178 valence electrons. The largest absolute Gasteiger partial charge is 0.490 e. The number of hydrazone groups is 1. The Hall–Kier alpha value is -4.64. The third kappa shape index (κ3) is 7.44. The fourth-order valence-corrected chi connectivity index (χ4v) is 3.12.